The van der Waals surface area contributed by atoms with E-state index in [4.69, 9.17) is 0 Å². The van der Waals surface area contributed by atoms with Crippen LogP contribution >= 0.6 is 0 Å². The lowest BCUT2D eigenvalue weighted by Crippen LogP contribution is -2.40. The highest BCUT2D eigenvalue weighted by Crippen LogP contribution is 2.51. The maximum atomic E-state index is 2.57. The van der Waals surface area contributed by atoms with E-state index in [0.717, 1.165) is 11.8 Å². The number of hydrogen-bond donors (Lipinski definition) is 0. The molecule has 0 aromatic carbocycles. The Bertz CT molecular complexity index is 160. The van der Waals surface area contributed by atoms with Crippen LogP contribution in [0.1, 0.15) is 32.1 Å². The van der Waals surface area contributed by atoms with Gasteiger partial charge in [-0.1, -0.05) is 45.3 Å². The summed E-state index contributed by atoms with van der Waals surface area (Å²) in [6.45, 7) is 7.70. The van der Waals surface area contributed by atoms with Gasteiger partial charge in [-0.25, -0.2) is 0 Å². The van der Waals surface area contributed by atoms with E-state index in [-0.39, 0.29) is 0 Å². The lowest BCUT2D eigenvalue weighted by molar-refractivity contribution is 0.172. The van der Waals surface area contributed by atoms with Gasteiger partial charge < -0.3 is 0 Å². The summed E-state index contributed by atoms with van der Waals surface area (Å²) in [6, 6.07) is 0. The Balaban J connectivity index is 2.09. The molecule has 1 heteroatoms. The molecule has 2 bridgehead atoms. The standard InChI is InChI=1S/C11H22Si/c1-12(2,3)11-8-9-4-6-10(11)7-5-9/h9-11H,4-8H2,1-3H3/t9?,10?,11-/m0/s1. The Morgan fingerprint density at radius 1 is 0.917 bits per heavy atom. The second kappa shape index (κ2) is 2.86. The van der Waals surface area contributed by atoms with E-state index in [2.05, 4.69) is 19.6 Å². The maximum absolute atomic E-state index is 2.57. The summed E-state index contributed by atoms with van der Waals surface area (Å²) in [5.41, 5.74) is 1.17. The van der Waals surface area contributed by atoms with E-state index in [1.165, 1.54) is 5.54 Å². The van der Waals surface area contributed by atoms with Gasteiger partial charge in [0.15, 0.2) is 0 Å². The second-order valence-electron chi connectivity index (χ2n) is 5.99. The molecule has 0 N–H and O–H groups in total. The smallest absolute Gasteiger partial charge is 0.0476 e. The highest BCUT2D eigenvalue weighted by atomic mass is 28.3. The first-order valence-corrected chi connectivity index (χ1v) is 9.15. The summed E-state index contributed by atoms with van der Waals surface area (Å²) >= 11 is 0. The van der Waals surface area contributed by atoms with Crippen LogP contribution in [-0.4, -0.2) is 8.07 Å². The van der Waals surface area contributed by atoms with Gasteiger partial charge >= 0.3 is 0 Å². The molecule has 0 spiro atoms. The molecular formula is C11H22Si. The van der Waals surface area contributed by atoms with Gasteiger partial charge in [0.25, 0.3) is 0 Å². The minimum atomic E-state index is -0.810. The molecule has 12 heavy (non-hydrogen) atoms. The Morgan fingerprint density at radius 3 is 1.75 bits per heavy atom. The van der Waals surface area contributed by atoms with Gasteiger partial charge in [0.1, 0.15) is 0 Å². The molecule has 0 unspecified atom stereocenters. The fraction of sp³-hybridized carbons (Fsp3) is 1.00. The minimum absolute atomic E-state index is 0.810. The van der Waals surface area contributed by atoms with E-state index >= 15 is 0 Å². The maximum Gasteiger partial charge on any atom is 0.0476 e. The third-order valence-corrected chi connectivity index (χ3v) is 7.09. The first kappa shape index (κ1) is 8.80. The van der Waals surface area contributed by atoms with Crippen molar-refractivity contribution in [2.45, 2.75) is 57.3 Å². The Labute approximate surface area is 77.8 Å². The quantitative estimate of drug-likeness (QED) is 0.539. The van der Waals surface area contributed by atoms with Crippen LogP contribution in [0, 0.1) is 11.8 Å². The molecule has 70 valence electrons. The van der Waals surface area contributed by atoms with Gasteiger partial charge in [0.2, 0.25) is 0 Å². The van der Waals surface area contributed by atoms with Gasteiger partial charge in [-0.15, -0.1) is 0 Å². The van der Waals surface area contributed by atoms with Crippen molar-refractivity contribution in [1.82, 2.24) is 0 Å². The van der Waals surface area contributed by atoms with Gasteiger partial charge in [-0.3, -0.25) is 0 Å². The van der Waals surface area contributed by atoms with Crippen LogP contribution in [0.5, 0.6) is 0 Å². The van der Waals surface area contributed by atoms with Crippen LogP contribution in [0.4, 0.5) is 0 Å². The number of hydrogen-bond acceptors (Lipinski definition) is 0. The van der Waals surface area contributed by atoms with Crippen molar-refractivity contribution in [3.8, 4) is 0 Å². The number of fused-ring (bicyclic) bond motifs is 3. The Morgan fingerprint density at radius 2 is 1.50 bits per heavy atom. The predicted octanol–water partition coefficient (Wildman–Crippen LogP) is 3.90. The van der Waals surface area contributed by atoms with Crippen LogP contribution in [0.15, 0.2) is 0 Å². The minimum Gasteiger partial charge on any atom is -0.0693 e. The van der Waals surface area contributed by atoms with Gasteiger partial charge in [0, 0.05) is 8.07 Å². The third kappa shape index (κ3) is 1.48. The molecule has 3 rings (SSSR count). The zero-order valence-electron chi connectivity index (χ0n) is 8.77. The van der Waals surface area contributed by atoms with E-state index < -0.39 is 8.07 Å². The Kier molecular flexibility index (Phi) is 2.10. The van der Waals surface area contributed by atoms with E-state index in [9.17, 15) is 0 Å². The van der Waals surface area contributed by atoms with Crippen molar-refractivity contribution >= 4 is 8.07 Å². The molecule has 0 aromatic heterocycles. The van der Waals surface area contributed by atoms with Crippen LogP contribution < -0.4 is 0 Å². The average Bonchev–Trinajstić information content (AvgIpc) is 2.05. The van der Waals surface area contributed by atoms with E-state index in [1.54, 1.807) is 32.1 Å². The molecule has 3 aliphatic carbocycles. The SMILES string of the molecule is C[Si](C)(C)[C@H]1CC2CCC1CC2. The molecule has 0 nitrogen and oxygen atoms in total. The molecule has 0 aliphatic heterocycles. The van der Waals surface area contributed by atoms with Gasteiger partial charge in [-0.2, -0.15) is 0 Å². The molecule has 3 saturated carbocycles. The third-order valence-electron chi connectivity index (χ3n) is 4.16. The van der Waals surface area contributed by atoms with Crippen LogP contribution in [0.25, 0.3) is 0 Å². The van der Waals surface area contributed by atoms with Crippen molar-refractivity contribution < 1.29 is 0 Å². The van der Waals surface area contributed by atoms with Crippen molar-refractivity contribution in [2.75, 3.05) is 0 Å². The van der Waals surface area contributed by atoms with Crippen molar-refractivity contribution in [3.63, 3.8) is 0 Å². The molecule has 0 radical (unpaired) electrons. The molecule has 1 atom stereocenters. The summed E-state index contributed by atoms with van der Waals surface area (Å²) in [4.78, 5) is 0. The van der Waals surface area contributed by atoms with Crippen LogP contribution in [0.2, 0.25) is 25.2 Å². The highest BCUT2D eigenvalue weighted by Gasteiger charge is 2.41. The molecule has 0 amide bonds. The fourth-order valence-corrected chi connectivity index (χ4v) is 6.23. The monoisotopic (exact) mass is 182 g/mol. The van der Waals surface area contributed by atoms with Gasteiger partial charge in [0.05, 0.1) is 0 Å². The Hall–Kier alpha value is 0.217. The molecule has 0 saturated heterocycles. The topological polar surface area (TPSA) is 0 Å². The molecule has 0 aromatic rings. The van der Waals surface area contributed by atoms with Crippen molar-refractivity contribution in [3.05, 3.63) is 0 Å². The van der Waals surface area contributed by atoms with E-state index in [0.29, 0.717) is 0 Å². The van der Waals surface area contributed by atoms with Gasteiger partial charge in [-0.05, 0) is 23.8 Å². The zero-order chi connectivity index (χ0) is 8.77. The fourth-order valence-electron chi connectivity index (χ4n) is 3.44. The highest BCUT2D eigenvalue weighted by molar-refractivity contribution is 6.77. The lowest BCUT2D eigenvalue weighted by atomic mass is 9.70. The van der Waals surface area contributed by atoms with Crippen molar-refractivity contribution in [1.29, 1.82) is 0 Å². The predicted molar refractivity (Wildman–Crippen MR) is 57.2 cm³/mol. The summed E-state index contributed by atoms with van der Waals surface area (Å²) < 4.78 is 0. The first-order chi connectivity index (χ1) is 5.57. The molecule has 3 fully saturated rings. The lowest BCUT2D eigenvalue weighted by Gasteiger charge is -2.47. The normalized spacial score (nSPS) is 41.8. The largest absolute Gasteiger partial charge is 0.0693 e. The van der Waals surface area contributed by atoms with Crippen LogP contribution in [-0.2, 0) is 0 Å². The van der Waals surface area contributed by atoms with Crippen molar-refractivity contribution in [2.24, 2.45) is 11.8 Å². The summed E-state index contributed by atoms with van der Waals surface area (Å²) in [5.74, 6) is 2.27. The second-order valence-corrected chi connectivity index (χ2v) is 11.5. The number of rotatable bonds is 1. The molecule has 3 aliphatic rings. The molecular weight excluding hydrogens is 160 g/mol. The summed E-state index contributed by atoms with van der Waals surface area (Å²) in [6.07, 6.45) is 7.86. The average molecular weight is 182 g/mol. The summed E-state index contributed by atoms with van der Waals surface area (Å²) in [5, 5.41) is 0. The first-order valence-electron chi connectivity index (χ1n) is 5.57. The molecule has 0 heterocycles. The van der Waals surface area contributed by atoms with E-state index in [1.807, 2.05) is 0 Å². The summed E-state index contributed by atoms with van der Waals surface area (Å²) in [7, 11) is -0.810. The zero-order valence-corrected chi connectivity index (χ0v) is 9.77. The van der Waals surface area contributed by atoms with Crippen LogP contribution in [0.3, 0.4) is 0 Å².